The number of nitrogens with zero attached hydrogens (tertiary/aromatic N) is 1. The highest BCUT2D eigenvalue weighted by Crippen LogP contribution is 2.45. The molecular formula is C34H38BNO6. The molecule has 3 heterocycles. The van der Waals surface area contributed by atoms with Crippen LogP contribution in [0.5, 0.6) is 0 Å². The van der Waals surface area contributed by atoms with Crippen LogP contribution >= 0.6 is 0 Å². The molecule has 8 heteroatoms. The molecule has 218 valence electrons. The van der Waals surface area contributed by atoms with E-state index in [9.17, 15) is 9.90 Å². The molecule has 42 heavy (non-hydrogen) atoms. The van der Waals surface area contributed by atoms with E-state index in [2.05, 4.69) is 24.3 Å². The fourth-order valence-electron chi connectivity index (χ4n) is 7.11. The second kappa shape index (κ2) is 9.95. The molecule has 2 atom stereocenters. The molecule has 1 N–H and O–H groups in total. The summed E-state index contributed by atoms with van der Waals surface area (Å²) in [5, 5.41) is 11.9. The van der Waals surface area contributed by atoms with Crippen LogP contribution in [-0.4, -0.2) is 66.3 Å². The lowest BCUT2D eigenvalue weighted by molar-refractivity contribution is -0.136. The molecule has 3 fully saturated rings. The molecule has 7 rings (SSSR count). The SMILES string of the molecule is CC1(C)OB(c2ccc(C3(O)CC4COCC(C3)N4C(=O)OCC3c4ccccc4-c4ccccc43)cc2)OC1(C)C. The van der Waals surface area contributed by atoms with Crippen molar-refractivity contribution in [2.45, 2.75) is 75.3 Å². The number of benzene rings is 3. The van der Waals surface area contributed by atoms with E-state index in [1.165, 1.54) is 22.3 Å². The summed E-state index contributed by atoms with van der Waals surface area (Å²) in [6.07, 6.45) is 0.417. The first-order valence-corrected chi connectivity index (χ1v) is 15.0. The average molecular weight is 567 g/mol. The monoisotopic (exact) mass is 567 g/mol. The molecule has 1 amide bonds. The number of hydrogen-bond acceptors (Lipinski definition) is 6. The number of fused-ring (bicyclic) bond motifs is 5. The molecule has 2 bridgehead atoms. The van der Waals surface area contributed by atoms with E-state index in [0.717, 1.165) is 11.0 Å². The Morgan fingerprint density at radius 2 is 1.38 bits per heavy atom. The number of morpholine rings is 1. The highest BCUT2D eigenvalue weighted by atomic mass is 16.7. The molecule has 3 aromatic carbocycles. The number of hydrogen-bond donors (Lipinski definition) is 1. The minimum Gasteiger partial charge on any atom is -0.448 e. The van der Waals surface area contributed by atoms with Gasteiger partial charge < -0.3 is 23.9 Å². The van der Waals surface area contributed by atoms with Gasteiger partial charge in [-0.15, -0.1) is 0 Å². The number of rotatable bonds is 4. The third-order valence-electron chi connectivity index (χ3n) is 10.1. The minimum absolute atomic E-state index is 0.00153. The molecule has 0 radical (unpaired) electrons. The summed E-state index contributed by atoms with van der Waals surface area (Å²) in [5.74, 6) is 0.00153. The van der Waals surface area contributed by atoms with Crippen molar-refractivity contribution in [1.29, 1.82) is 0 Å². The second-order valence-corrected chi connectivity index (χ2v) is 13.2. The average Bonchev–Trinajstić information content (AvgIpc) is 3.40. The summed E-state index contributed by atoms with van der Waals surface area (Å²) < 4.78 is 24.3. The first-order chi connectivity index (χ1) is 20.1. The van der Waals surface area contributed by atoms with E-state index in [1.807, 2.05) is 81.1 Å². The van der Waals surface area contributed by atoms with Gasteiger partial charge in [0.25, 0.3) is 0 Å². The van der Waals surface area contributed by atoms with Crippen LogP contribution in [-0.2, 0) is 24.4 Å². The van der Waals surface area contributed by atoms with Gasteiger partial charge in [0, 0.05) is 18.8 Å². The van der Waals surface area contributed by atoms with Crippen molar-refractivity contribution in [2.75, 3.05) is 19.8 Å². The van der Waals surface area contributed by atoms with Crippen LogP contribution in [0, 0.1) is 0 Å². The standard InChI is InChI=1S/C34H38BNO6/c1-32(2)33(3,4)42-35(41-32)23-15-13-22(14-16-23)34(38)17-24-19-39-20-25(18-34)36(24)31(37)40-21-30-28-11-7-5-9-26(28)27-10-6-8-12-29(27)30/h5-16,24-25,30,38H,17-21H2,1-4H3. The molecule has 4 aliphatic rings. The normalized spacial score (nSPS) is 27.5. The van der Waals surface area contributed by atoms with Crippen molar-refractivity contribution < 1.29 is 28.7 Å². The Balaban J connectivity index is 1.05. The molecule has 0 spiro atoms. The predicted octanol–water partition coefficient (Wildman–Crippen LogP) is 4.99. The Hall–Kier alpha value is -3.17. The quantitative estimate of drug-likeness (QED) is 0.448. The Morgan fingerprint density at radius 3 is 1.93 bits per heavy atom. The fourth-order valence-corrected chi connectivity index (χ4v) is 7.11. The zero-order valence-corrected chi connectivity index (χ0v) is 24.7. The van der Waals surface area contributed by atoms with Gasteiger partial charge in [0.05, 0.1) is 42.1 Å². The van der Waals surface area contributed by atoms with Crippen molar-refractivity contribution >= 4 is 18.7 Å². The van der Waals surface area contributed by atoms with Gasteiger partial charge in [0.15, 0.2) is 0 Å². The molecule has 0 aromatic heterocycles. The van der Waals surface area contributed by atoms with Crippen molar-refractivity contribution in [2.24, 2.45) is 0 Å². The lowest BCUT2D eigenvalue weighted by Gasteiger charge is -2.51. The van der Waals surface area contributed by atoms with Crippen molar-refractivity contribution in [3.05, 3.63) is 89.5 Å². The summed E-state index contributed by atoms with van der Waals surface area (Å²) in [5.41, 5.74) is 4.61. The van der Waals surface area contributed by atoms with E-state index in [4.69, 9.17) is 18.8 Å². The predicted molar refractivity (Wildman–Crippen MR) is 161 cm³/mol. The lowest BCUT2D eigenvalue weighted by Crippen LogP contribution is -2.62. The molecule has 3 saturated heterocycles. The van der Waals surface area contributed by atoms with Gasteiger partial charge in [-0.05, 0) is 61.0 Å². The van der Waals surface area contributed by atoms with Crippen LogP contribution < -0.4 is 5.46 Å². The number of amides is 1. The lowest BCUT2D eigenvalue weighted by atomic mass is 9.74. The van der Waals surface area contributed by atoms with Gasteiger partial charge in [0.2, 0.25) is 0 Å². The number of piperidine rings is 1. The van der Waals surface area contributed by atoms with Crippen LogP contribution in [0.15, 0.2) is 72.8 Å². The van der Waals surface area contributed by atoms with Crippen LogP contribution in [0.25, 0.3) is 11.1 Å². The maximum absolute atomic E-state index is 13.6. The number of ether oxygens (including phenoxy) is 2. The van der Waals surface area contributed by atoms with Crippen LogP contribution in [0.3, 0.4) is 0 Å². The molecule has 7 nitrogen and oxygen atoms in total. The highest BCUT2D eigenvalue weighted by molar-refractivity contribution is 6.62. The summed E-state index contributed by atoms with van der Waals surface area (Å²) in [4.78, 5) is 15.4. The van der Waals surface area contributed by atoms with Gasteiger partial charge in [-0.2, -0.15) is 0 Å². The van der Waals surface area contributed by atoms with Gasteiger partial charge in [-0.25, -0.2) is 4.79 Å². The van der Waals surface area contributed by atoms with E-state index in [-0.39, 0.29) is 30.7 Å². The van der Waals surface area contributed by atoms with E-state index < -0.39 is 23.9 Å². The van der Waals surface area contributed by atoms with E-state index in [1.54, 1.807) is 0 Å². The summed E-state index contributed by atoms with van der Waals surface area (Å²) >= 11 is 0. The Labute approximate surface area is 247 Å². The third-order valence-corrected chi connectivity index (χ3v) is 10.1. The topological polar surface area (TPSA) is 77.5 Å². The number of carbonyl (C=O) groups is 1. The smallest absolute Gasteiger partial charge is 0.448 e. The maximum Gasteiger partial charge on any atom is 0.494 e. The summed E-state index contributed by atoms with van der Waals surface area (Å²) in [7, 11) is -0.457. The van der Waals surface area contributed by atoms with Gasteiger partial charge in [0.1, 0.15) is 6.61 Å². The van der Waals surface area contributed by atoms with Crippen molar-refractivity contribution in [3.8, 4) is 11.1 Å². The number of aliphatic hydroxyl groups is 1. The Kier molecular flexibility index (Phi) is 6.55. The first kappa shape index (κ1) is 27.7. The fraction of sp³-hybridized carbons (Fsp3) is 0.441. The second-order valence-electron chi connectivity index (χ2n) is 13.2. The zero-order chi connectivity index (χ0) is 29.3. The molecule has 2 unspecified atom stereocenters. The summed E-state index contributed by atoms with van der Waals surface area (Å²) in [6.45, 7) is 9.16. The van der Waals surface area contributed by atoms with Crippen LogP contribution in [0.1, 0.15) is 63.1 Å². The van der Waals surface area contributed by atoms with Crippen molar-refractivity contribution in [1.82, 2.24) is 4.90 Å². The molecule has 1 aliphatic carbocycles. The van der Waals surface area contributed by atoms with Gasteiger partial charge >= 0.3 is 13.2 Å². The molecular weight excluding hydrogens is 529 g/mol. The zero-order valence-electron chi connectivity index (χ0n) is 24.7. The van der Waals surface area contributed by atoms with Crippen LogP contribution in [0.2, 0.25) is 0 Å². The van der Waals surface area contributed by atoms with Gasteiger partial charge in [-0.3, -0.25) is 4.90 Å². The van der Waals surface area contributed by atoms with Gasteiger partial charge in [-0.1, -0.05) is 72.8 Å². The largest absolute Gasteiger partial charge is 0.494 e. The molecule has 0 saturated carbocycles. The molecule has 3 aliphatic heterocycles. The third kappa shape index (κ3) is 4.47. The highest BCUT2D eigenvalue weighted by Gasteiger charge is 2.52. The number of carbonyl (C=O) groups excluding carboxylic acids is 1. The summed E-state index contributed by atoms with van der Waals surface area (Å²) in [6, 6.07) is 24.0. The molecule has 3 aromatic rings. The van der Waals surface area contributed by atoms with E-state index >= 15 is 0 Å². The minimum atomic E-state index is -1.08. The Bertz CT molecular complexity index is 1430. The maximum atomic E-state index is 13.6. The van der Waals surface area contributed by atoms with Crippen LogP contribution in [0.4, 0.5) is 4.79 Å². The van der Waals surface area contributed by atoms with E-state index in [0.29, 0.717) is 26.1 Å². The Morgan fingerprint density at radius 1 is 0.857 bits per heavy atom. The van der Waals surface area contributed by atoms with Crippen molar-refractivity contribution in [3.63, 3.8) is 0 Å². The first-order valence-electron chi connectivity index (χ1n) is 15.0.